The highest BCUT2D eigenvalue weighted by atomic mass is 16.6. The zero-order valence-corrected chi connectivity index (χ0v) is 27.8. The summed E-state index contributed by atoms with van der Waals surface area (Å²) in [5.74, 6) is -3.31. The van der Waals surface area contributed by atoms with Gasteiger partial charge in [0.2, 0.25) is 17.7 Å². The highest BCUT2D eigenvalue weighted by Gasteiger charge is 2.39. The van der Waals surface area contributed by atoms with E-state index in [0.29, 0.717) is 11.1 Å². The van der Waals surface area contributed by atoms with E-state index in [-0.39, 0.29) is 6.42 Å². The summed E-state index contributed by atoms with van der Waals surface area (Å²) in [5.41, 5.74) is 6.21. The summed E-state index contributed by atoms with van der Waals surface area (Å²) in [6, 6.07) is 11.9. The van der Waals surface area contributed by atoms with Gasteiger partial charge in [-0.05, 0) is 77.6 Å². The Morgan fingerprint density at radius 3 is 2.02 bits per heavy atom. The molecule has 12 heteroatoms. The van der Waals surface area contributed by atoms with Gasteiger partial charge in [0.05, 0.1) is 12.5 Å². The largest absolute Gasteiger partial charge is 0.458 e. The first-order chi connectivity index (χ1) is 21.3. The Labute approximate surface area is 270 Å². The average molecular weight is 636 g/mol. The molecule has 0 heterocycles. The van der Waals surface area contributed by atoms with Crippen molar-refractivity contribution in [3.8, 4) is 6.07 Å². The molecule has 0 saturated carbocycles. The van der Waals surface area contributed by atoms with Crippen LogP contribution in [0.2, 0.25) is 0 Å². The van der Waals surface area contributed by atoms with Crippen molar-refractivity contribution in [2.45, 2.75) is 97.6 Å². The lowest BCUT2D eigenvalue weighted by molar-refractivity contribution is -0.159. The van der Waals surface area contributed by atoms with Gasteiger partial charge in [-0.1, -0.05) is 48.5 Å². The van der Waals surface area contributed by atoms with E-state index in [1.54, 1.807) is 84.9 Å². The molecule has 4 amide bonds. The number of carbonyl (C=O) groups is 5. The molecule has 0 bridgehead atoms. The number of hydrogen-bond acceptors (Lipinski definition) is 8. The summed E-state index contributed by atoms with van der Waals surface area (Å²) in [4.78, 5) is 67.5. The van der Waals surface area contributed by atoms with E-state index in [1.165, 1.54) is 0 Å². The second kappa shape index (κ2) is 15.9. The van der Waals surface area contributed by atoms with Gasteiger partial charge in [-0.15, -0.1) is 0 Å². The molecule has 0 radical (unpaired) electrons. The molecule has 0 saturated heterocycles. The van der Waals surface area contributed by atoms with E-state index in [1.807, 2.05) is 25.1 Å². The lowest BCUT2D eigenvalue weighted by atomic mass is 9.94. The average Bonchev–Trinajstić information content (AvgIpc) is 2.92. The number of ether oxygens (including phenoxy) is 2. The fourth-order valence-electron chi connectivity index (χ4n) is 4.61. The van der Waals surface area contributed by atoms with Gasteiger partial charge in [-0.25, -0.2) is 9.59 Å². The lowest BCUT2D eigenvalue weighted by Gasteiger charge is -2.34. The van der Waals surface area contributed by atoms with Crippen LogP contribution in [0.1, 0.15) is 76.3 Å². The third-order valence-corrected chi connectivity index (χ3v) is 6.71. The molecule has 0 aromatic heterocycles. The van der Waals surface area contributed by atoms with Crippen molar-refractivity contribution in [2.24, 2.45) is 5.73 Å². The molecular weight excluding hydrogens is 590 g/mol. The van der Waals surface area contributed by atoms with Gasteiger partial charge in [0.15, 0.2) is 0 Å². The first-order valence-corrected chi connectivity index (χ1v) is 14.9. The van der Waals surface area contributed by atoms with Crippen LogP contribution in [0.4, 0.5) is 4.79 Å². The molecule has 46 heavy (non-hydrogen) atoms. The number of carbonyl (C=O) groups excluding carboxylic acids is 5. The molecule has 2 rings (SSSR count). The maximum absolute atomic E-state index is 14.3. The normalized spacial score (nSPS) is 13.3. The first-order valence-electron chi connectivity index (χ1n) is 14.9. The second-order valence-corrected chi connectivity index (χ2v) is 13.0. The van der Waals surface area contributed by atoms with E-state index in [0.717, 1.165) is 16.0 Å². The summed E-state index contributed by atoms with van der Waals surface area (Å²) in [5, 5.41) is 14.9. The molecule has 2 aromatic rings. The predicted molar refractivity (Wildman–Crippen MR) is 171 cm³/mol. The topological polar surface area (TPSA) is 181 Å². The van der Waals surface area contributed by atoms with Gasteiger partial charge in [0.25, 0.3) is 0 Å². The second-order valence-electron chi connectivity index (χ2n) is 13.0. The van der Waals surface area contributed by atoms with Crippen LogP contribution >= 0.6 is 0 Å². The maximum Gasteiger partial charge on any atom is 0.408 e. The minimum absolute atomic E-state index is 0.0811. The molecule has 12 nitrogen and oxygen atoms in total. The zero-order valence-electron chi connectivity index (χ0n) is 27.8. The Bertz CT molecular complexity index is 1450. The fourth-order valence-corrected chi connectivity index (χ4v) is 4.61. The number of alkyl carbamates (subject to hydrolysis) is 1. The van der Waals surface area contributed by atoms with Gasteiger partial charge >= 0.3 is 12.1 Å². The summed E-state index contributed by atoms with van der Waals surface area (Å²) < 4.78 is 10.9. The molecular formula is C34H45N5O7. The van der Waals surface area contributed by atoms with Crippen molar-refractivity contribution in [2.75, 3.05) is 6.54 Å². The number of aryl methyl sites for hydroxylation is 1. The quantitative estimate of drug-likeness (QED) is 0.234. The first kappa shape index (κ1) is 37.3. The Hall–Kier alpha value is -4.92. The van der Waals surface area contributed by atoms with Crippen molar-refractivity contribution in [1.29, 1.82) is 5.26 Å². The maximum atomic E-state index is 14.3. The molecule has 0 aliphatic rings. The van der Waals surface area contributed by atoms with Gasteiger partial charge in [-0.3, -0.25) is 14.4 Å². The molecule has 0 aliphatic carbocycles. The highest BCUT2D eigenvalue weighted by molar-refractivity contribution is 5.96. The number of esters is 1. The highest BCUT2D eigenvalue weighted by Crippen LogP contribution is 2.28. The molecule has 4 N–H and O–H groups in total. The van der Waals surface area contributed by atoms with Gasteiger partial charge in [0.1, 0.15) is 35.9 Å². The number of nitriles is 1. The summed E-state index contributed by atoms with van der Waals surface area (Å²) in [7, 11) is 0. The molecule has 248 valence electrons. The van der Waals surface area contributed by atoms with Crippen LogP contribution in [0.15, 0.2) is 48.5 Å². The summed E-state index contributed by atoms with van der Waals surface area (Å²) in [6.45, 7) is 13.0. The number of primary amides is 1. The Morgan fingerprint density at radius 2 is 1.48 bits per heavy atom. The number of nitrogens with one attached hydrogen (secondary N) is 2. The van der Waals surface area contributed by atoms with Crippen molar-refractivity contribution in [1.82, 2.24) is 15.5 Å². The molecule has 0 aliphatic heterocycles. The number of nitrogens with two attached hydrogens (primary N) is 1. The smallest absolute Gasteiger partial charge is 0.408 e. The van der Waals surface area contributed by atoms with E-state index >= 15 is 0 Å². The van der Waals surface area contributed by atoms with Gasteiger partial charge in [-0.2, -0.15) is 5.26 Å². The van der Waals surface area contributed by atoms with Gasteiger partial charge in [0, 0.05) is 6.42 Å². The third kappa shape index (κ3) is 11.5. The van der Waals surface area contributed by atoms with E-state index in [9.17, 15) is 29.2 Å². The standard InChI is InChI=1S/C34H45N5O7/c1-21-13-12-16-24(22(21)2)28(29(41)37-26(31(43)45-33(3,4)5)19-23-14-10-9-11-15-23)39(18-17-35)30(42)25(20-27(36)40)38-32(44)46-34(6,7)8/h9-16,25-26,28H,18-20H2,1-8H3,(H2,36,40)(H,37,41)(H,38,44). The zero-order chi connectivity index (χ0) is 34.8. The van der Waals surface area contributed by atoms with Crippen LogP contribution in [-0.4, -0.2) is 64.5 Å². The minimum atomic E-state index is -1.56. The van der Waals surface area contributed by atoms with Crippen molar-refractivity contribution in [3.05, 3.63) is 70.8 Å². The van der Waals surface area contributed by atoms with Crippen LogP contribution in [-0.2, 0) is 35.1 Å². The fraction of sp³-hybridized carbons (Fsp3) is 0.471. The number of amides is 4. The van der Waals surface area contributed by atoms with Crippen LogP contribution in [0.25, 0.3) is 0 Å². The Balaban J connectivity index is 2.65. The Kier molecular flexibility index (Phi) is 12.9. The molecule has 3 atom stereocenters. The van der Waals surface area contributed by atoms with Crippen LogP contribution in [0, 0.1) is 25.2 Å². The van der Waals surface area contributed by atoms with Crippen molar-refractivity contribution in [3.63, 3.8) is 0 Å². The van der Waals surface area contributed by atoms with Gasteiger partial charge < -0.3 is 30.7 Å². The Morgan fingerprint density at radius 1 is 0.870 bits per heavy atom. The van der Waals surface area contributed by atoms with E-state index in [2.05, 4.69) is 10.6 Å². The predicted octanol–water partition coefficient (Wildman–Crippen LogP) is 3.53. The van der Waals surface area contributed by atoms with E-state index in [4.69, 9.17) is 15.2 Å². The summed E-state index contributed by atoms with van der Waals surface area (Å²) in [6.07, 6.45) is -1.54. The van der Waals surface area contributed by atoms with Crippen LogP contribution < -0.4 is 16.4 Å². The van der Waals surface area contributed by atoms with Crippen molar-refractivity contribution >= 4 is 29.8 Å². The van der Waals surface area contributed by atoms with Crippen molar-refractivity contribution < 1.29 is 33.4 Å². The molecule has 3 unspecified atom stereocenters. The number of hydrogen-bond donors (Lipinski definition) is 3. The molecule has 0 fully saturated rings. The number of benzene rings is 2. The molecule has 2 aromatic carbocycles. The third-order valence-electron chi connectivity index (χ3n) is 6.71. The number of nitrogens with zero attached hydrogens (tertiary/aromatic N) is 2. The van der Waals surface area contributed by atoms with Crippen LogP contribution in [0.5, 0.6) is 0 Å². The number of rotatable bonds is 12. The molecule has 0 spiro atoms. The minimum Gasteiger partial charge on any atom is -0.458 e. The lowest BCUT2D eigenvalue weighted by Crippen LogP contribution is -2.55. The van der Waals surface area contributed by atoms with E-state index < -0.39 is 72.1 Å². The summed E-state index contributed by atoms with van der Waals surface area (Å²) >= 11 is 0. The monoisotopic (exact) mass is 635 g/mol. The SMILES string of the molecule is Cc1cccc(C(C(=O)NC(Cc2ccccc2)C(=O)OC(C)(C)C)N(CC#N)C(=O)C(CC(N)=O)NC(=O)OC(C)(C)C)c1C. The van der Waals surface area contributed by atoms with Crippen LogP contribution in [0.3, 0.4) is 0 Å².